The van der Waals surface area contributed by atoms with E-state index in [0.717, 1.165) is 5.92 Å². The summed E-state index contributed by atoms with van der Waals surface area (Å²) in [6.45, 7) is 2.55. The molecule has 3 rings (SSSR count). The molecule has 2 nitrogen and oxygen atoms in total. The zero-order chi connectivity index (χ0) is 6.48. The predicted molar refractivity (Wildman–Crippen MR) is 35.1 cm³/mol. The normalized spacial score (nSPS) is 55.3. The minimum atomic E-state index is 0.320. The van der Waals surface area contributed by atoms with Crippen LogP contribution in [0, 0.1) is 5.92 Å². The maximum Gasteiger partial charge on any atom is 0.0587 e. The Morgan fingerprint density at radius 2 is 2.33 bits per heavy atom. The quantitative estimate of drug-likeness (QED) is 0.524. The molecule has 2 heterocycles. The van der Waals surface area contributed by atoms with E-state index < -0.39 is 0 Å². The van der Waals surface area contributed by atoms with Crippen LogP contribution in [0.2, 0.25) is 0 Å². The fourth-order valence-corrected chi connectivity index (χ4v) is 2.26. The molecular formula is C7H13NO. The summed E-state index contributed by atoms with van der Waals surface area (Å²) in [6.07, 6.45) is 2.55. The summed E-state index contributed by atoms with van der Waals surface area (Å²) < 4.78 is 0. The Labute approximate surface area is 55.3 Å². The number of hydrogen-bond donors (Lipinski definition) is 2. The summed E-state index contributed by atoms with van der Waals surface area (Å²) in [5.74, 6) is 0.778. The molecule has 1 aliphatic carbocycles. The van der Waals surface area contributed by atoms with Gasteiger partial charge in [0.15, 0.2) is 0 Å². The molecule has 0 aromatic carbocycles. The van der Waals surface area contributed by atoms with Crippen molar-refractivity contribution in [2.75, 3.05) is 6.61 Å². The first-order valence-electron chi connectivity index (χ1n) is 3.62. The van der Waals surface area contributed by atoms with Crippen molar-refractivity contribution in [2.24, 2.45) is 5.92 Å². The topological polar surface area (TPSA) is 32.3 Å². The molecular weight excluding hydrogens is 114 g/mol. The van der Waals surface area contributed by atoms with Crippen molar-refractivity contribution in [1.29, 1.82) is 0 Å². The average Bonchev–Trinajstić information content (AvgIpc) is 2.18. The molecule has 0 unspecified atom stereocenters. The molecule has 3 aliphatic rings. The largest absolute Gasteiger partial charge is 0.395 e. The molecule has 2 bridgehead atoms. The summed E-state index contributed by atoms with van der Waals surface area (Å²) in [5, 5.41) is 12.2. The average molecular weight is 127 g/mol. The molecule has 2 heteroatoms. The highest BCUT2D eigenvalue weighted by Gasteiger charge is 2.51. The first kappa shape index (κ1) is 5.69. The molecule has 2 aliphatic heterocycles. The van der Waals surface area contributed by atoms with Crippen LogP contribution in [0.1, 0.15) is 19.8 Å². The van der Waals surface area contributed by atoms with Gasteiger partial charge in [0.1, 0.15) is 0 Å². The van der Waals surface area contributed by atoms with Crippen LogP contribution in [0.25, 0.3) is 0 Å². The molecule has 0 radical (unpaired) electrons. The molecule has 2 saturated heterocycles. The third kappa shape index (κ3) is 0.634. The van der Waals surface area contributed by atoms with Crippen LogP contribution in [0.4, 0.5) is 0 Å². The first-order chi connectivity index (χ1) is 4.23. The maximum absolute atomic E-state index is 8.82. The van der Waals surface area contributed by atoms with Crippen molar-refractivity contribution in [3.63, 3.8) is 0 Å². The van der Waals surface area contributed by atoms with Gasteiger partial charge >= 0.3 is 0 Å². The van der Waals surface area contributed by atoms with Gasteiger partial charge < -0.3 is 10.4 Å². The smallest absolute Gasteiger partial charge is 0.0587 e. The van der Waals surface area contributed by atoms with Crippen molar-refractivity contribution in [3.05, 3.63) is 0 Å². The van der Waals surface area contributed by atoms with E-state index in [2.05, 4.69) is 12.2 Å². The van der Waals surface area contributed by atoms with E-state index in [9.17, 15) is 0 Å². The number of fused-ring (bicyclic) bond motifs is 1. The van der Waals surface area contributed by atoms with E-state index in [-0.39, 0.29) is 0 Å². The zero-order valence-corrected chi connectivity index (χ0v) is 5.72. The summed E-state index contributed by atoms with van der Waals surface area (Å²) in [6, 6.07) is 0.412. The van der Waals surface area contributed by atoms with E-state index >= 15 is 0 Å². The lowest BCUT2D eigenvalue weighted by atomic mass is 9.73. The van der Waals surface area contributed by atoms with Gasteiger partial charge in [0, 0.05) is 11.6 Å². The van der Waals surface area contributed by atoms with Crippen LogP contribution in [0.3, 0.4) is 0 Å². The van der Waals surface area contributed by atoms with Gasteiger partial charge in [-0.15, -0.1) is 0 Å². The Morgan fingerprint density at radius 1 is 1.67 bits per heavy atom. The van der Waals surface area contributed by atoms with Crippen LogP contribution in [-0.2, 0) is 0 Å². The van der Waals surface area contributed by atoms with Gasteiger partial charge in [-0.2, -0.15) is 0 Å². The second-order valence-corrected chi connectivity index (χ2v) is 3.66. The molecule has 1 atom stereocenters. The fraction of sp³-hybridized carbons (Fsp3) is 1.00. The highest BCUT2D eigenvalue weighted by molar-refractivity contribution is 5.10. The zero-order valence-electron chi connectivity index (χ0n) is 5.72. The van der Waals surface area contributed by atoms with Gasteiger partial charge in [0.05, 0.1) is 6.61 Å². The molecule has 2 N–H and O–H groups in total. The third-order valence-electron chi connectivity index (χ3n) is 2.73. The van der Waals surface area contributed by atoms with Crippen LogP contribution in [0.15, 0.2) is 0 Å². The van der Waals surface area contributed by atoms with Crippen LogP contribution >= 0.6 is 0 Å². The monoisotopic (exact) mass is 127 g/mol. The van der Waals surface area contributed by atoms with Crippen LogP contribution < -0.4 is 5.32 Å². The minimum Gasteiger partial charge on any atom is -0.395 e. The lowest BCUT2D eigenvalue weighted by Gasteiger charge is -2.33. The molecule has 0 aromatic heterocycles. The van der Waals surface area contributed by atoms with E-state index in [0.29, 0.717) is 18.2 Å². The lowest BCUT2D eigenvalue weighted by molar-refractivity contribution is 0.215. The number of rotatable bonds is 1. The number of aliphatic hydroxyl groups is 1. The van der Waals surface area contributed by atoms with Gasteiger partial charge in [-0.1, -0.05) is 0 Å². The minimum absolute atomic E-state index is 0.320. The lowest BCUT2D eigenvalue weighted by Crippen LogP contribution is -2.39. The second kappa shape index (κ2) is 1.50. The standard InChI is InChI=1S/C7H13NO/c1-7-2-5(3-7)6(4-9)8-7/h5-6,8-9H,2-4H2,1H3/t5?,6-,7?/m0/s1. The fourth-order valence-electron chi connectivity index (χ4n) is 2.26. The second-order valence-electron chi connectivity index (χ2n) is 3.66. The molecule has 3 fully saturated rings. The van der Waals surface area contributed by atoms with Gasteiger partial charge in [0.25, 0.3) is 0 Å². The van der Waals surface area contributed by atoms with E-state index in [1.165, 1.54) is 12.8 Å². The Hall–Kier alpha value is -0.0800. The Kier molecular flexibility index (Phi) is 0.945. The van der Waals surface area contributed by atoms with E-state index in [1.807, 2.05) is 0 Å². The molecule has 9 heavy (non-hydrogen) atoms. The molecule has 0 spiro atoms. The van der Waals surface area contributed by atoms with Crippen molar-refractivity contribution in [2.45, 2.75) is 31.3 Å². The third-order valence-corrected chi connectivity index (χ3v) is 2.73. The first-order valence-corrected chi connectivity index (χ1v) is 3.62. The molecule has 0 amide bonds. The van der Waals surface area contributed by atoms with Crippen molar-refractivity contribution < 1.29 is 5.11 Å². The Morgan fingerprint density at radius 3 is 2.56 bits per heavy atom. The van der Waals surface area contributed by atoms with Crippen LogP contribution in [-0.4, -0.2) is 23.3 Å². The SMILES string of the molecule is CC12CC(C1)[C@H](CO)N2. The van der Waals surface area contributed by atoms with Crippen molar-refractivity contribution in [1.82, 2.24) is 5.32 Å². The van der Waals surface area contributed by atoms with E-state index in [4.69, 9.17) is 5.11 Å². The molecule has 0 aromatic rings. The van der Waals surface area contributed by atoms with Crippen molar-refractivity contribution in [3.8, 4) is 0 Å². The van der Waals surface area contributed by atoms with E-state index in [1.54, 1.807) is 0 Å². The highest BCUT2D eigenvalue weighted by atomic mass is 16.3. The maximum atomic E-state index is 8.82. The summed E-state index contributed by atoms with van der Waals surface area (Å²) >= 11 is 0. The van der Waals surface area contributed by atoms with Crippen LogP contribution in [0.5, 0.6) is 0 Å². The number of hydrogen-bond acceptors (Lipinski definition) is 2. The van der Waals surface area contributed by atoms with Gasteiger partial charge in [0.2, 0.25) is 0 Å². The summed E-state index contributed by atoms with van der Waals surface area (Å²) in [5.41, 5.74) is 0.401. The van der Waals surface area contributed by atoms with Gasteiger partial charge in [-0.05, 0) is 25.7 Å². The number of nitrogens with one attached hydrogen (secondary N) is 1. The van der Waals surface area contributed by atoms with Crippen molar-refractivity contribution >= 4 is 0 Å². The summed E-state index contributed by atoms with van der Waals surface area (Å²) in [4.78, 5) is 0. The predicted octanol–water partition coefficient (Wildman–Crippen LogP) is 0.119. The highest BCUT2D eigenvalue weighted by Crippen LogP contribution is 2.46. The number of aliphatic hydroxyl groups excluding tert-OH is 1. The molecule has 52 valence electrons. The Bertz CT molecular complexity index is 129. The Balaban J connectivity index is 2.06. The molecule has 1 saturated carbocycles. The van der Waals surface area contributed by atoms with Gasteiger partial charge in [-0.3, -0.25) is 0 Å². The summed E-state index contributed by atoms with van der Waals surface area (Å²) in [7, 11) is 0. The van der Waals surface area contributed by atoms with Gasteiger partial charge in [-0.25, -0.2) is 0 Å².